The number of nitrogens with zero attached hydrogens (tertiary/aromatic N) is 2. The van der Waals surface area contributed by atoms with Crippen LogP contribution < -0.4 is 4.74 Å². The van der Waals surface area contributed by atoms with Gasteiger partial charge in [0.25, 0.3) is 0 Å². The van der Waals surface area contributed by atoms with Gasteiger partial charge in [-0.25, -0.2) is 14.4 Å². The highest BCUT2D eigenvalue weighted by Gasteiger charge is 2.09. The molecule has 0 aliphatic rings. The number of fused-ring (bicyclic) bond motifs is 1. The van der Waals surface area contributed by atoms with Gasteiger partial charge in [0.15, 0.2) is 17.2 Å². The van der Waals surface area contributed by atoms with Crippen molar-refractivity contribution in [3.05, 3.63) is 42.3 Å². The van der Waals surface area contributed by atoms with Crippen molar-refractivity contribution in [3.63, 3.8) is 0 Å². The zero-order valence-electron chi connectivity index (χ0n) is 9.64. The van der Waals surface area contributed by atoms with E-state index in [1.165, 1.54) is 13.2 Å². The first-order chi connectivity index (χ1) is 8.78. The lowest BCUT2D eigenvalue weighted by atomic mass is 10.2. The Morgan fingerprint density at radius 2 is 2.17 bits per heavy atom. The molecular formula is C13H10FN3O. The van der Waals surface area contributed by atoms with E-state index in [-0.39, 0.29) is 5.75 Å². The zero-order chi connectivity index (χ0) is 12.5. The number of imidazole rings is 1. The summed E-state index contributed by atoms with van der Waals surface area (Å²) in [6, 6.07) is 8.40. The molecule has 0 radical (unpaired) electrons. The molecule has 2 aromatic heterocycles. The summed E-state index contributed by atoms with van der Waals surface area (Å²) in [6.45, 7) is 0. The number of H-pyrrole nitrogens is 1. The van der Waals surface area contributed by atoms with Crippen molar-refractivity contribution in [1.29, 1.82) is 0 Å². The van der Waals surface area contributed by atoms with Gasteiger partial charge in [0.1, 0.15) is 5.82 Å². The fourth-order valence-electron chi connectivity index (χ4n) is 1.80. The van der Waals surface area contributed by atoms with Crippen LogP contribution in [0.25, 0.3) is 22.6 Å². The molecule has 0 spiro atoms. The van der Waals surface area contributed by atoms with Crippen LogP contribution in [0.4, 0.5) is 4.39 Å². The summed E-state index contributed by atoms with van der Waals surface area (Å²) < 4.78 is 18.5. The average Bonchev–Trinajstić information content (AvgIpc) is 2.82. The van der Waals surface area contributed by atoms with Crippen LogP contribution >= 0.6 is 0 Å². The molecule has 0 bridgehead atoms. The van der Waals surface area contributed by atoms with E-state index in [9.17, 15) is 4.39 Å². The number of aromatic nitrogens is 3. The SMILES string of the molecule is COc1ccc(-c2nc3ncccc3[nH]2)cc1F. The summed E-state index contributed by atoms with van der Waals surface area (Å²) in [5.74, 6) is 0.390. The van der Waals surface area contributed by atoms with Crippen LogP contribution in [0, 0.1) is 5.82 Å². The first-order valence-electron chi connectivity index (χ1n) is 5.42. The van der Waals surface area contributed by atoms with Crippen LogP contribution in [0.2, 0.25) is 0 Å². The van der Waals surface area contributed by atoms with E-state index in [1.54, 1.807) is 18.3 Å². The van der Waals surface area contributed by atoms with Gasteiger partial charge in [-0.05, 0) is 30.3 Å². The van der Waals surface area contributed by atoms with Gasteiger partial charge in [0.05, 0.1) is 12.6 Å². The summed E-state index contributed by atoms with van der Waals surface area (Å²) in [5, 5.41) is 0. The molecule has 0 amide bonds. The number of aromatic amines is 1. The van der Waals surface area contributed by atoms with E-state index in [4.69, 9.17) is 4.74 Å². The average molecular weight is 243 g/mol. The van der Waals surface area contributed by atoms with Gasteiger partial charge in [-0.15, -0.1) is 0 Å². The molecule has 0 saturated heterocycles. The molecule has 90 valence electrons. The predicted molar refractivity (Wildman–Crippen MR) is 65.8 cm³/mol. The second-order valence-corrected chi connectivity index (χ2v) is 3.81. The minimum absolute atomic E-state index is 0.216. The second kappa shape index (κ2) is 4.10. The summed E-state index contributed by atoms with van der Waals surface area (Å²) >= 11 is 0. The fraction of sp³-hybridized carbons (Fsp3) is 0.0769. The summed E-state index contributed by atoms with van der Waals surface area (Å²) in [7, 11) is 1.43. The fourth-order valence-corrected chi connectivity index (χ4v) is 1.80. The third-order valence-corrected chi connectivity index (χ3v) is 2.68. The van der Waals surface area contributed by atoms with Crippen LogP contribution in [-0.4, -0.2) is 22.1 Å². The lowest BCUT2D eigenvalue weighted by Gasteiger charge is -2.02. The molecule has 3 rings (SSSR count). The van der Waals surface area contributed by atoms with Gasteiger partial charge in [0.2, 0.25) is 0 Å². The van der Waals surface area contributed by atoms with Gasteiger partial charge in [-0.3, -0.25) is 0 Å². The molecule has 0 aliphatic heterocycles. The van der Waals surface area contributed by atoms with E-state index < -0.39 is 5.82 Å². The molecule has 4 nitrogen and oxygen atoms in total. The third kappa shape index (κ3) is 1.69. The maximum absolute atomic E-state index is 13.6. The normalized spacial score (nSPS) is 10.8. The number of pyridine rings is 1. The Labute approximate surface area is 102 Å². The highest BCUT2D eigenvalue weighted by molar-refractivity contribution is 5.75. The third-order valence-electron chi connectivity index (χ3n) is 2.68. The number of benzene rings is 1. The van der Waals surface area contributed by atoms with Crippen molar-refractivity contribution >= 4 is 11.2 Å². The first-order valence-corrected chi connectivity index (χ1v) is 5.42. The molecule has 2 heterocycles. The van der Waals surface area contributed by atoms with Crippen molar-refractivity contribution in [2.24, 2.45) is 0 Å². The van der Waals surface area contributed by atoms with Crippen LogP contribution in [0.5, 0.6) is 5.75 Å². The molecule has 1 aromatic carbocycles. The van der Waals surface area contributed by atoms with Gasteiger partial charge in [0, 0.05) is 11.8 Å². The number of rotatable bonds is 2. The zero-order valence-corrected chi connectivity index (χ0v) is 9.64. The van der Waals surface area contributed by atoms with Crippen molar-refractivity contribution in [1.82, 2.24) is 15.0 Å². The highest BCUT2D eigenvalue weighted by atomic mass is 19.1. The van der Waals surface area contributed by atoms with Crippen molar-refractivity contribution < 1.29 is 9.13 Å². The van der Waals surface area contributed by atoms with E-state index in [1.807, 2.05) is 12.1 Å². The molecule has 0 aliphatic carbocycles. The first kappa shape index (κ1) is 10.7. The maximum Gasteiger partial charge on any atom is 0.178 e. The van der Waals surface area contributed by atoms with Gasteiger partial charge >= 0.3 is 0 Å². The number of hydrogen-bond acceptors (Lipinski definition) is 3. The molecule has 5 heteroatoms. The number of methoxy groups -OCH3 is 1. The predicted octanol–water partition coefficient (Wildman–Crippen LogP) is 2.77. The molecule has 0 unspecified atom stereocenters. The Morgan fingerprint density at radius 1 is 1.28 bits per heavy atom. The quantitative estimate of drug-likeness (QED) is 0.753. The largest absolute Gasteiger partial charge is 0.494 e. The van der Waals surface area contributed by atoms with Gasteiger partial charge in [-0.1, -0.05) is 0 Å². The van der Waals surface area contributed by atoms with E-state index in [2.05, 4.69) is 15.0 Å². The van der Waals surface area contributed by atoms with E-state index in [0.29, 0.717) is 17.0 Å². The maximum atomic E-state index is 13.6. The minimum atomic E-state index is -0.414. The second-order valence-electron chi connectivity index (χ2n) is 3.81. The number of hydrogen-bond donors (Lipinski definition) is 1. The number of nitrogens with one attached hydrogen (secondary N) is 1. The number of ether oxygens (including phenoxy) is 1. The lowest BCUT2D eigenvalue weighted by molar-refractivity contribution is 0.386. The molecule has 1 N–H and O–H groups in total. The Kier molecular flexibility index (Phi) is 2.44. The molecule has 0 fully saturated rings. The minimum Gasteiger partial charge on any atom is -0.494 e. The highest BCUT2D eigenvalue weighted by Crippen LogP contribution is 2.24. The van der Waals surface area contributed by atoms with Crippen molar-refractivity contribution in [2.45, 2.75) is 0 Å². The molecule has 0 atom stereocenters. The van der Waals surface area contributed by atoms with Crippen LogP contribution in [0.1, 0.15) is 0 Å². The monoisotopic (exact) mass is 243 g/mol. The Balaban J connectivity index is 2.11. The molecule has 3 aromatic rings. The molecular weight excluding hydrogens is 233 g/mol. The van der Waals surface area contributed by atoms with Crippen LogP contribution in [0.3, 0.4) is 0 Å². The summed E-state index contributed by atoms with van der Waals surface area (Å²) in [6.07, 6.45) is 1.67. The number of halogens is 1. The van der Waals surface area contributed by atoms with E-state index in [0.717, 1.165) is 5.52 Å². The van der Waals surface area contributed by atoms with Gasteiger partial charge < -0.3 is 9.72 Å². The standard InChI is InChI=1S/C13H10FN3O/c1-18-11-5-4-8(7-9(11)14)12-16-10-3-2-6-15-13(10)17-12/h2-7H,1H3,(H,15,16,17). The Morgan fingerprint density at radius 3 is 2.89 bits per heavy atom. The topological polar surface area (TPSA) is 50.8 Å². The van der Waals surface area contributed by atoms with Crippen LogP contribution in [0.15, 0.2) is 36.5 Å². The van der Waals surface area contributed by atoms with Crippen molar-refractivity contribution in [3.8, 4) is 17.1 Å². The van der Waals surface area contributed by atoms with E-state index >= 15 is 0 Å². The van der Waals surface area contributed by atoms with Gasteiger partial charge in [-0.2, -0.15) is 0 Å². The Bertz CT molecular complexity index is 675. The Hall–Kier alpha value is -2.43. The molecule has 18 heavy (non-hydrogen) atoms. The summed E-state index contributed by atoms with van der Waals surface area (Å²) in [4.78, 5) is 11.5. The van der Waals surface area contributed by atoms with Crippen molar-refractivity contribution in [2.75, 3.05) is 7.11 Å². The molecule has 0 saturated carbocycles. The summed E-state index contributed by atoms with van der Waals surface area (Å²) in [5.41, 5.74) is 2.10. The van der Waals surface area contributed by atoms with Crippen LogP contribution in [-0.2, 0) is 0 Å². The smallest absolute Gasteiger partial charge is 0.178 e. The lowest BCUT2D eigenvalue weighted by Crippen LogP contribution is -1.89.